The molecule has 1 aliphatic rings. The van der Waals surface area contributed by atoms with Crippen LogP contribution < -0.4 is 16.6 Å². The summed E-state index contributed by atoms with van der Waals surface area (Å²) in [6.45, 7) is 2.01. The molecule has 8 nitrogen and oxygen atoms in total. The van der Waals surface area contributed by atoms with E-state index in [-0.39, 0.29) is 17.5 Å². The second-order valence-electron chi connectivity index (χ2n) is 8.19. The first-order valence-electron chi connectivity index (χ1n) is 11.1. The molecule has 0 spiro atoms. The van der Waals surface area contributed by atoms with Crippen LogP contribution in [0.4, 0.5) is 17.6 Å². The van der Waals surface area contributed by atoms with E-state index in [1.54, 1.807) is 0 Å². The normalized spacial score (nSPS) is 14.1. The van der Waals surface area contributed by atoms with Crippen molar-refractivity contribution in [1.29, 1.82) is 0 Å². The van der Waals surface area contributed by atoms with Crippen LogP contribution in [0.1, 0.15) is 43.1 Å². The molecular formula is C24H25N7OS. The van der Waals surface area contributed by atoms with Crippen LogP contribution in [-0.2, 0) is 5.75 Å². The number of rotatable bonds is 6. The van der Waals surface area contributed by atoms with Crippen molar-refractivity contribution < 1.29 is 0 Å². The van der Waals surface area contributed by atoms with Gasteiger partial charge in [0.2, 0.25) is 11.9 Å². The molecular weight excluding hydrogens is 434 g/mol. The largest absolute Gasteiger partial charge is 0.368 e. The zero-order valence-corrected chi connectivity index (χ0v) is 19.2. The van der Waals surface area contributed by atoms with Gasteiger partial charge in [-0.1, -0.05) is 54.9 Å². The fourth-order valence-corrected chi connectivity index (χ4v) is 5.15. The van der Waals surface area contributed by atoms with Crippen molar-refractivity contribution in [2.45, 2.75) is 49.6 Å². The summed E-state index contributed by atoms with van der Waals surface area (Å²) in [7, 11) is 0. The molecule has 1 aliphatic carbocycles. The lowest BCUT2D eigenvalue weighted by molar-refractivity contribution is 0.457. The minimum Gasteiger partial charge on any atom is -0.368 e. The molecule has 2 aromatic carbocycles. The van der Waals surface area contributed by atoms with Crippen LogP contribution >= 0.6 is 11.8 Å². The number of nitrogens with one attached hydrogen (secondary N) is 1. The highest BCUT2D eigenvalue weighted by molar-refractivity contribution is 7.98. The first kappa shape index (κ1) is 21.4. The monoisotopic (exact) mass is 459 g/mol. The van der Waals surface area contributed by atoms with Crippen molar-refractivity contribution in [2.24, 2.45) is 0 Å². The number of nitrogen functional groups attached to an aromatic ring is 1. The van der Waals surface area contributed by atoms with E-state index >= 15 is 0 Å². The van der Waals surface area contributed by atoms with Crippen LogP contribution in [0.15, 0.2) is 58.5 Å². The molecule has 168 valence electrons. The highest BCUT2D eigenvalue weighted by atomic mass is 32.2. The van der Waals surface area contributed by atoms with Gasteiger partial charge in [-0.05, 0) is 43.5 Å². The Morgan fingerprint density at radius 1 is 1.03 bits per heavy atom. The van der Waals surface area contributed by atoms with E-state index in [2.05, 4.69) is 20.3 Å². The number of hydrogen-bond acceptors (Lipinski definition) is 8. The summed E-state index contributed by atoms with van der Waals surface area (Å²) in [5.41, 5.74) is 8.68. The van der Waals surface area contributed by atoms with E-state index < -0.39 is 0 Å². The van der Waals surface area contributed by atoms with Crippen molar-refractivity contribution in [3.05, 3.63) is 70.3 Å². The van der Waals surface area contributed by atoms with Crippen molar-refractivity contribution in [2.75, 3.05) is 11.1 Å². The number of anilines is 3. The number of aryl methyl sites for hydroxylation is 1. The molecule has 0 atom stereocenters. The summed E-state index contributed by atoms with van der Waals surface area (Å²) in [5.74, 6) is 1.50. The van der Waals surface area contributed by atoms with Gasteiger partial charge in [-0.25, -0.2) is 4.98 Å². The van der Waals surface area contributed by atoms with Crippen LogP contribution in [0.25, 0.3) is 10.9 Å². The molecule has 0 unspecified atom stereocenters. The Morgan fingerprint density at radius 3 is 2.61 bits per heavy atom. The molecule has 5 rings (SSSR count). The number of para-hydroxylation sites is 2. The Bertz CT molecular complexity index is 1360. The van der Waals surface area contributed by atoms with Crippen LogP contribution in [0.2, 0.25) is 0 Å². The third-order valence-electron chi connectivity index (χ3n) is 5.89. The average Bonchev–Trinajstić information content (AvgIpc) is 3.33. The molecule has 33 heavy (non-hydrogen) atoms. The first-order valence-corrected chi connectivity index (χ1v) is 12.0. The SMILES string of the molecule is Cc1ccccc1Nc1nc(N)nc(CSc2nc3ccccc3c(=O)n2C2CCCC2)n1. The number of fused-ring (bicyclic) bond motifs is 1. The molecule has 0 aliphatic heterocycles. The maximum Gasteiger partial charge on any atom is 0.262 e. The maximum atomic E-state index is 13.3. The summed E-state index contributed by atoms with van der Waals surface area (Å²) in [6, 6.07) is 15.6. The zero-order valence-electron chi connectivity index (χ0n) is 18.4. The average molecular weight is 460 g/mol. The number of benzene rings is 2. The van der Waals surface area contributed by atoms with E-state index in [1.165, 1.54) is 11.8 Å². The lowest BCUT2D eigenvalue weighted by Crippen LogP contribution is -2.26. The van der Waals surface area contributed by atoms with Gasteiger partial charge in [-0.15, -0.1) is 0 Å². The van der Waals surface area contributed by atoms with Gasteiger partial charge >= 0.3 is 0 Å². The molecule has 3 N–H and O–H groups in total. The van der Waals surface area contributed by atoms with E-state index in [4.69, 9.17) is 10.7 Å². The van der Waals surface area contributed by atoms with Crippen molar-refractivity contribution in [3.8, 4) is 0 Å². The fraction of sp³-hybridized carbons (Fsp3) is 0.292. The van der Waals surface area contributed by atoms with Crippen LogP contribution in [0, 0.1) is 6.92 Å². The Labute approximate surface area is 195 Å². The number of thioether (sulfide) groups is 1. The summed E-state index contributed by atoms with van der Waals surface area (Å²) in [6.07, 6.45) is 4.26. The van der Waals surface area contributed by atoms with E-state index in [1.807, 2.05) is 60.0 Å². The van der Waals surface area contributed by atoms with Crippen LogP contribution in [-0.4, -0.2) is 24.5 Å². The Balaban J connectivity index is 1.45. The van der Waals surface area contributed by atoms with Gasteiger partial charge < -0.3 is 11.1 Å². The first-order chi connectivity index (χ1) is 16.1. The van der Waals surface area contributed by atoms with Gasteiger partial charge in [0, 0.05) is 11.7 Å². The molecule has 0 amide bonds. The molecule has 9 heteroatoms. The highest BCUT2D eigenvalue weighted by Crippen LogP contribution is 2.33. The fourth-order valence-electron chi connectivity index (χ4n) is 4.23. The van der Waals surface area contributed by atoms with Gasteiger partial charge in [0.25, 0.3) is 5.56 Å². The van der Waals surface area contributed by atoms with Gasteiger partial charge in [-0.2, -0.15) is 15.0 Å². The molecule has 0 saturated heterocycles. The van der Waals surface area contributed by atoms with E-state index in [9.17, 15) is 4.79 Å². The lowest BCUT2D eigenvalue weighted by atomic mass is 10.2. The summed E-state index contributed by atoms with van der Waals surface area (Å²) in [5, 5.41) is 4.57. The lowest BCUT2D eigenvalue weighted by Gasteiger charge is -2.18. The Morgan fingerprint density at radius 2 is 1.79 bits per heavy atom. The molecule has 4 aromatic rings. The topological polar surface area (TPSA) is 112 Å². The standard InChI is InChI=1S/C24H25N7OS/c1-15-8-2-6-12-18(15)26-23-29-20(28-22(25)30-23)14-33-24-27-19-13-7-5-11-17(19)21(32)31(24)16-9-3-4-10-16/h2,5-8,11-13,16H,3-4,9-10,14H2,1H3,(H3,25,26,28,29,30). The summed E-state index contributed by atoms with van der Waals surface area (Å²) >= 11 is 1.46. The van der Waals surface area contributed by atoms with Gasteiger partial charge in [0.05, 0.1) is 16.7 Å². The predicted molar refractivity (Wildman–Crippen MR) is 132 cm³/mol. The molecule has 2 heterocycles. The molecule has 1 saturated carbocycles. The van der Waals surface area contributed by atoms with Crippen molar-refractivity contribution >= 4 is 40.2 Å². The van der Waals surface area contributed by atoms with Crippen molar-refractivity contribution in [3.63, 3.8) is 0 Å². The molecule has 0 radical (unpaired) electrons. The minimum atomic E-state index is 0.0204. The molecule has 1 fully saturated rings. The maximum absolute atomic E-state index is 13.3. The zero-order chi connectivity index (χ0) is 22.8. The third kappa shape index (κ3) is 4.54. The molecule has 0 bridgehead atoms. The second-order valence-corrected chi connectivity index (χ2v) is 9.13. The Hall–Kier alpha value is -3.46. The summed E-state index contributed by atoms with van der Waals surface area (Å²) in [4.78, 5) is 31.2. The number of aromatic nitrogens is 5. The van der Waals surface area contributed by atoms with Crippen molar-refractivity contribution in [1.82, 2.24) is 24.5 Å². The molecule has 2 aromatic heterocycles. The van der Waals surface area contributed by atoms with Gasteiger partial charge in [-0.3, -0.25) is 9.36 Å². The number of hydrogen-bond donors (Lipinski definition) is 2. The predicted octanol–water partition coefficient (Wildman–Crippen LogP) is 4.62. The van der Waals surface area contributed by atoms with E-state index in [0.29, 0.717) is 33.6 Å². The quantitative estimate of drug-likeness (QED) is 0.317. The number of nitrogens with two attached hydrogens (primary N) is 1. The van der Waals surface area contributed by atoms with E-state index in [0.717, 1.165) is 36.9 Å². The number of nitrogens with zero attached hydrogens (tertiary/aromatic N) is 5. The van der Waals surface area contributed by atoms with Crippen LogP contribution in [0.3, 0.4) is 0 Å². The third-order valence-corrected chi connectivity index (χ3v) is 6.83. The van der Waals surface area contributed by atoms with Crippen LogP contribution in [0.5, 0.6) is 0 Å². The Kier molecular flexibility index (Phi) is 5.95. The second kappa shape index (κ2) is 9.19. The van der Waals surface area contributed by atoms with Gasteiger partial charge in [0.1, 0.15) is 5.82 Å². The van der Waals surface area contributed by atoms with Gasteiger partial charge in [0.15, 0.2) is 5.16 Å². The highest BCUT2D eigenvalue weighted by Gasteiger charge is 2.23. The summed E-state index contributed by atoms with van der Waals surface area (Å²) < 4.78 is 1.87. The smallest absolute Gasteiger partial charge is 0.262 e. The minimum absolute atomic E-state index is 0.0204.